The van der Waals surface area contributed by atoms with Crippen LogP contribution in [0.4, 0.5) is 0 Å². The summed E-state index contributed by atoms with van der Waals surface area (Å²) in [5.41, 5.74) is 0. The molecular weight excluding hydrogens is 164 g/mol. The third-order valence-corrected chi connectivity index (χ3v) is 1.29. The van der Waals surface area contributed by atoms with Crippen molar-refractivity contribution in [1.29, 1.82) is 0 Å². The summed E-state index contributed by atoms with van der Waals surface area (Å²) in [7, 11) is 0.884. The minimum atomic E-state index is -3.83. The predicted molar refractivity (Wildman–Crippen MR) is 35.3 cm³/mol. The smallest absolute Gasteiger partial charge is 0.376 e. The van der Waals surface area contributed by atoms with Gasteiger partial charge in [0.2, 0.25) is 0 Å². The van der Waals surface area contributed by atoms with Gasteiger partial charge in [-0.15, -0.1) is 0 Å². The topological polar surface area (TPSA) is 43.4 Å². The van der Waals surface area contributed by atoms with E-state index in [4.69, 9.17) is 10.7 Å². The highest BCUT2D eigenvalue weighted by molar-refractivity contribution is 8.10. The summed E-state index contributed by atoms with van der Waals surface area (Å²) in [6.45, 7) is 3.15. The molecule has 0 unspecified atom stereocenters. The fourth-order valence-corrected chi connectivity index (χ4v) is 0.913. The molecule has 0 aliphatic rings. The highest BCUT2D eigenvalue weighted by Gasteiger charge is 2.03. The molecule has 0 rings (SSSR count). The van der Waals surface area contributed by atoms with Gasteiger partial charge in [0, 0.05) is 0 Å². The van der Waals surface area contributed by atoms with Gasteiger partial charge in [-0.2, -0.15) is 8.42 Å². The number of hydrogen-bond donors (Lipinski definition) is 0. The van der Waals surface area contributed by atoms with E-state index in [2.05, 4.69) is 4.18 Å². The standard InChI is InChI=1S/C4H7ClO3S/c1-3-4(2)8-9(5,6)7/h3H,1-2H3. The van der Waals surface area contributed by atoms with Gasteiger partial charge in [0.05, 0.1) is 10.7 Å². The molecule has 0 saturated heterocycles. The molecule has 0 amide bonds. The molecular formula is C4H7ClO3S. The van der Waals surface area contributed by atoms with Gasteiger partial charge in [-0.1, -0.05) is 0 Å². The van der Waals surface area contributed by atoms with Gasteiger partial charge in [-0.25, -0.2) is 0 Å². The van der Waals surface area contributed by atoms with E-state index in [9.17, 15) is 8.42 Å². The molecule has 0 aromatic carbocycles. The molecule has 0 aliphatic carbocycles. The van der Waals surface area contributed by atoms with Crippen molar-refractivity contribution in [3.05, 3.63) is 11.8 Å². The molecule has 0 atom stereocenters. The van der Waals surface area contributed by atoms with Crippen LogP contribution in [0, 0.1) is 0 Å². The van der Waals surface area contributed by atoms with Crippen LogP contribution in [0.2, 0.25) is 0 Å². The fraction of sp³-hybridized carbons (Fsp3) is 0.500. The molecule has 0 spiro atoms. The highest BCUT2D eigenvalue weighted by atomic mass is 35.7. The van der Waals surface area contributed by atoms with Gasteiger partial charge < -0.3 is 4.18 Å². The molecule has 5 heteroatoms. The first kappa shape index (κ1) is 8.78. The minimum Gasteiger partial charge on any atom is -0.376 e. The highest BCUT2D eigenvalue weighted by Crippen LogP contribution is 2.05. The Kier molecular flexibility index (Phi) is 3.00. The van der Waals surface area contributed by atoms with Crippen molar-refractivity contribution in [3.8, 4) is 0 Å². The Bertz CT molecular complexity index is 204. The van der Waals surface area contributed by atoms with Crippen molar-refractivity contribution in [2.24, 2.45) is 0 Å². The van der Waals surface area contributed by atoms with Crippen LogP contribution < -0.4 is 0 Å². The maximum absolute atomic E-state index is 10.1. The van der Waals surface area contributed by atoms with E-state index >= 15 is 0 Å². The summed E-state index contributed by atoms with van der Waals surface area (Å²) in [5.74, 6) is 0.269. The maximum atomic E-state index is 10.1. The molecule has 9 heavy (non-hydrogen) atoms. The Morgan fingerprint density at radius 3 is 2.22 bits per heavy atom. The zero-order valence-corrected chi connectivity index (χ0v) is 6.66. The van der Waals surface area contributed by atoms with Crippen molar-refractivity contribution >= 4 is 20.0 Å². The van der Waals surface area contributed by atoms with Crippen molar-refractivity contribution in [2.75, 3.05) is 0 Å². The van der Waals surface area contributed by atoms with E-state index in [1.165, 1.54) is 13.0 Å². The number of hydrogen-bond acceptors (Lipinski definition) is 3. The fourth-order valence-electron chi connectivity index (χ4n) is 0.205. The lowest BCUT2D eigenvalue weighted by atomic mass is 10.5. The molecule has 0 N–H and O–H groups in total. The number of halogens is 1. The molecule has 0 heterocycles. The first-order chi connectivity index (χ1) is 3.95. The Morgan fingerprint density at radius 2 is 2.11 bits per heavy atom. The van der Waals surface area contributed by atoms with Crippen LogP contribution in [-0.4, -0.2) is 8.42 Å². The summed E-state index contributed by atoms with van der Waals surface area (Å²) >= 11 is 0. The zero-order valence-electron chi connectivity index (χ0n) is 5.09. The second-order valence-electron chi connectivity index (χ2n) is 1.38. The van der Waals surface area contributed by atoms with Crippen LogP contribution >= 0.6 is 10.7 Å². The Balaban J connectivity index is 4.07. The molecule has 0 aromatic heterocycles. The van der Waals surface area contributed by atoms with E-state index in [-0.39, 0.29) is 5.76 Å². The maximum Gasteiger partial charge on any atom is 0.400 e. The second-order valence-corrected chi connectivity index (χ2v) is 3.46. The quantitative estimate of drug-likeness (QED) is 0.465. The molecule has 0 saturated carbocycles. The van der Waals surface area contributed by atoms with Crippen molar-refractivity contribution in [1.82, 2.24) is 0 Å². The second kappa shape index (κ2) is 3.08. The third kappa shape index (κ3) is 5.65. The molecule has 54 valence electrons. The summed E-state index contributed by atoms with van der Waals surface area (Å²) in [4.78, 5) is 0. The molecule has 0 bridgehead atoms. The van der Waals surface area contributed by atoms with E-state index < -0.39 is 9.33 Å². The van der Waals surface area contributed by atoms with Gasteiger partial charge >= 0.3 is 9.33 Å². The Morgan fingerprint density at radius 1 is 1.67 bits per heavy atom. The van der Waals surface area contributed by atoms with E-state index in [0.717, 1.165) is 0 Å². The summed E-state index contributed by atoms with van der Waals surface area (Å²) in [6, 6.07) is 0. The molecule has 0 aromatic rings. The van der Waals surface area contributed by atoms with Crippen LogP contribution in [0.15, 0.2) is 11.8 Å². The number of allylic oxidation sites excluding steroid dienone is 2. The van der Waals surface area contributed by atoms with E-state index in [1.807, 2.05) is 0 Å². The minimum absolute atomic E-state index is 0.269. The van der Waals surface area contributed by atoms with Crippen LogP contribution in [0.5, 0.6) is 0 Å². The van der Waals surface area contributed by atoms with E-state index in [1.54, 1.807) is 6.92 Å². The average molecular weight is 171 g/mol. The van der Waals surface area contributed by atoms with Gasteiger partial charge in [0.25, 0.3) is 0 Å². The molecule has 3 nitrogen and oxygen atoms in total. The Labute approximate surface area is 58.9 Å². The Hall–Kier alpha value is -0.220. The predicted octanol–water partition coefficient (Wildman–Crippen LogP) is 1.41. The van der Waals surface area contributed by atoms with Crippen molar-refractivity contribution in [2.45, 2.75) is 13.8 Å². The van der Waals surface area contributed by atoms with Crippen LogP contribution in [-0.2, 0) is 13.5 Å². The normalized spacial score (nSPS) is 13.4. The average Bonchev–Trinajstić information content (AvgIpc) is 1.62. The van der Waals surface area contributed by atoms with Crippen LogP contribution in [0.25, 0.3) is 0 Å². The van der Waals surface area contributed by atoms with Crippen molar-refractivity contribution < 1.29 is 12.6 Å². The van der Waals surface area contributed by atoms with Gasteiger partial charge in [0.1, 0.15) is 5.76 Å². The first-order valence-electron chi connectivity index (χ1n) is 2.22. The summed E-state index contributed by atoms with van der Waals surface area (Å²) in [5, 5.41) is 0. The largest absolute Gasteiger partial charge is 0.400 e. The number of rotatable bonds is 2. The van der Waals surface area contributed by atoms with Gasteiger partial charge in [-0.3, -0.25) is 0 Å². The molecule has 0 radical (unpaired) electrons. The van der Waals surface area contributed by atoms with Crippen molar-refractivity contribution in [3.63, 3.8) is 0 Å². The van der Waals surface area contributed by atoms with Gasteiger partial charge in [0.15, 0.2) is 0 Å². The SMILES string of the molecule is CC=C(C)OS(=O)(=O)Cl. The first-order valence-corrected chi connectivity index (χ1v) is 4.46. The van der Waals surface area contributed by atoms with Gasteiger partial charge in [-0.05, 0) is 19.9 Å². The lowest BCUT2D eigenvalue weighted by molar-refractivity contribution is 0.422. The zero-order chi connectivity index (χ0) is 7.49. The van der Waals surface area contributed by atoms with Crippen LogP contribution in [0.3, 0.4) is 0 Å². The molecule has 0 fully saturated rings. The van der Waals surface area contributed by atoms with Crippen LogP contribution in [0.1, 0.15) is 13.8 Å². The monoisotopic (exact) mass is 170 g/mol. The molecule has 0 aliphatic heterocycles. The summed E-state index contributed by atoms with van der Waals surface area (Å²) in [6.07, 6.45) is 1.50. The third-order valence-electron chi connectivity index (χ3n) is 0.638. The summed E-state index contributed by atoms with van der Waals surface area (Å²) < 4.78 is 24.4. The van der Waals surface area contributed by atoms with E-state index in [0.29, 0.717) is 0 Å². The lowest BCUT2D eigenvalue weighted by Gasteiger charge is -1.96. The lowest BCUT2D eigenvalue weighted by Crippen LogP contribution is -1.93.